The summed E-state index contributed by atoms with van der Waals surface area (Å²) in [5.74, 6) is 0.562. The van der Waals surface area contributed by atoms with E-state index in [1.807, 2.05) is 36.4 Å². The van der Waals surface area contributed by atoms with Crippen molar-refractivity contribution in [3.8, 4) is 5.75 Å². The van der Waals surface area contributed by atoms with Gasteiger partial charge in [-0.2, -0.15) is 0 Å². The molecule has 0 saturated carbocycles. The molecule has 0 saturated heterocycles. The Morgan fingerprint density at radius 1 is 0.962 bits per heavy atom. The molecule has 3 aromatic rings. The Morgan fingerprint density at radius 2 is 1.69 bits per heavy atom. The van der Waals surface area contributed by atoms with E-state index in [2.05, 4.69) is 0 Å². The standard InChI is InChI=1S/C22H15FO3/c1-25-20-9-6-15-11-17(5-4-16(15)12-20)21-13-18(22(24)26-21)10-14-2-7-19(23)8-3-14/h2-13H,1H3/b18-10-. The van der Waals surface area contributed by atoms with Gasteiger partial charge in [0.2, 0.25) is 0 Å². The van der Waals surface area contributed by atoms with Crippen molar-refractivity contribution in [2.75, 3.05) is 7.11 Å². The fraction of sp³-hybridized carbons (Fsp3) is 0.0455. The first-order valence-corrected chi connectivity index (χ1v) is 8.12. The lowest BCUT2D eigenvalue weighted by Crippen LogP contribution is -1.97. The van der Waals surface area contributed by atoms with Gasteiger partial charge in [-0.25, -0.2) is 9.18 Å². The average Bonchev–Trinajstić information content (AvgIpc) is 3.03. The van der Waals surface area contributed by atoms with E-state index in [9.17, 15) is 9.18 Å². The van der Waals surface area contributed by atoms with Crippen LogP contribution in [0.1, 0.15) is 11.1 Å². The molecule has 128 valence electrons. The van der Waals surface area contributed by atoms with Gasteiger partial charge in [0.05, 0.1) is 12.7 Å². The van der Waals surface area contributed by atoms with Crippen LogP contribution in [0.25, 0.3) is 22.6 Å². The van der Waals surface area contributed by atoms with Crippen LogP contribution in [0.5, 0.6) is 5.75 Å². The van der Waals surface area contributed by atoms with Crippen LogP contribution in [0.2, 0.25) is 0 Å². The van der Waals surface area contributed by atoms with Crippen LogP contribution in [-0.2, 0) is 9.53 Å². The highest BCUT2D eigenvalue weighted by atomic mass is 19.1. The molecule has 3 aromatic carbocycles. The van der Waals surface area contributed by atoms with Crippen molar-refractivity contribution >= 4 is 28.6 Å². The van der Waals surface area contributed by atoms with Crippen molar-refractivity contribution in [2.24, 2.45) is 0 Å². The number of carbonyl (C=O) groups excluding carboxylic acids is 1. The summed E-state index contributed by atoms with van der Waals surface area (Å²) in [6.07, 6.45) is 3.39. The Hall–Kier alpha value is -3.40. The Balaban J connectivity index is 1.68. The number of benzene rings is 3. The molecule has 1 heterocycles. The highest BCUT2D eigenvalue weighted by Crippen LogP contribution is 2.30. The molecule has 0 unspecified atom stereocenters. The smallest absolute Gasteiger partial charge is 0.343 e. The van der Waals surface area contributed by atoms with Crippen LogP contribution in [0, 0.1) is 5.82 Å². The van der Waals surface area contributed by atoms with Gasteiger partial charge < -0.3 is 9.47 Å². The minimum absolute atomic E-state index is 0.315. The monoisotopic (exact) mass is 346 g/mol. The van der Waals surface area contributed by atoms with Gasteiger partial charge in [0.15, 0.2) is 0 Å². The number of hydrogen-bond donors (Lipinski definition) is 0. The highest BCUT2D eigenvalue weighted by Gasteiger charge is 2.22. The molecule has 1 aliphatic heterocycles. The third-order valence-corrected chi connectivity index (χ3v) is 4.25. The van der Waals surface area contributed by atoms with Crippen molar-refractivity contribution in [3.05, 3.63) is 89.3 Å². The second-order valence-corrected chi connectivity index (χ2v) is 5.98. The third kappa shape index (κ3) is 3.09. The van der Waals surface area contributed by atoms with E-state index in [1.165, 1.54) is 12.1 Å². The first kappa shape index (κ1) is 16.1. The van der Waals surface area contributed by atoms with Gasteiger partial charge in [-0.05, 0) is 58.8 Å². The number of hydrogen-bond acceptors (Lipinski definition) is 3. The zero-order chi connectivity index (χ0) is 18.1. The van der Waals surface area contributed by atoms with Gasteiger partial charge in [0, 0.05) is 5.56 Å². The molecule has 4 rings (SSSR count). The van der Waals surface area contributed by atoms with Crippen molar-refractivity contribution in [1.29, 1.82) is 0 Å². The summed E-state index contributed by atoms with van der Waals surface area (Å²) in [6.45, 7) is 0. The Morgan fingerprint density at radius 3 is 2.46 bits per heavy atom. The maximum atomic E-state index is 13.0. The maximum Gasteiger partial charge on any atom is 0.343 e. The van der Waals surface area contributed by atoms with Gasteiger partial charge in [-0.3, -0.25) is 0 Å². The quantitative estimate of drug-likeness (QED) is 0.496. The van der Waals surface area contributed by atoms with E-state index in [-0.39, 0.29) is 5.82 Å². The largest absolute Gasteiger partial charge is 0.497 e. The summed E-state index contributed by atoms with van der Waals surface area (Å²) in [6, 6.07) is 17.6. The number of methoxy groups -OCH3 is 1. The number of esters is 1. The number of fused-ring (bicyclic) bond motifs is 1. The van der Waals surface area contributed by atoms with Gasteiger partial charge in [-0.1, -0.05) is 30.3 Å². The molecular formula is C22H15FO3. The molecule has 26 heavy (non-hydrogen) atoms. The van der Waals surface area contributed by atoms with E-state index < -0.39 is 5.97 Å². The number of rotatable bonds is 3. The number of ether oxygens (including phenoxy) is 2. The zero-order valence-electron chi connectivity index (χ0n) is 14.0. The number of cyclic esters (lactones) is 1. The molecule has 0 aromatic heterocycles. The molecule has 4 heteroatoms. The summed E-state index contributed by atoms with van der Waals surface area (Å²) in [5, 5.41) is 2.07. The fourth-order valence-corrected chi connectivity index (χ4v) is 2.87. The first-order chi connectivity index (χ1) is 12.6. The molecule has 0 N–H and O–H groups in total. The van der Waals surface area contributed by atoms with E-state index >= 15 is 0 Å². The van der Waals surface area contributed by atoms with Crippen molar-refractivity contribution in [2.45, 2.75) is 0 Å². The molecule has 0 spiro atoms. The summed E-state index contributed by atoms with van der Waals surface area (Å²) in [7, 11) is 1.63. The minimum atomic E-state index is -0.417. The SMILES string of the molecule is COc1ccc2cc(C3=C/C(=C/c4ccc(F)cc4)C(=O)O3)ccc2c1. The van der Waals surface area contributed by atoms with E-state index in [1.54, 1.807) is 31.4 Å². The van der Waals surface area contributed by atoms with Crippen LogP contribution in [0.15, 0.2) is 72.3 Å². The first-order valence-electron chi connectivity index (χ1n) is 8.12. The lowest BCUT2D eigenvalue weighted by atomic mass is 10.0. The van der Waals surface area contributed by atoms with Gasteiger partial charge in [0.1, 0.15) is 17.3 Å². The Bertz CT molecular complexity index is 1060. The van der Waals surface area contributed by atoms with Gasteiger partial charge in [0.25, 0.3) is 0 Å². The van der Waals surface area contributed by atoms with Crippen LogP contribution >= 0.6 is 0 Å². The summed E-state index contributed by atoms with van der Waals surface area (Å²) in [5.41, 5.74) is 1.99. The van der Waals surface area contributed by atoms with E-state index in [0.29, 0.717) is 11.3 Å². The maximum absolute atomic E-state index is 13.0. The van der Waals surface area contributed by atoms with Gasteiger partial charge in [-0.15, -0.1) is 0 Å². The summed E-state index contributed by atoms with van der Waals surface area (Å²) in [4.78, 5) is 12.1. The molecule has 1 aliphatic rings. The Labute approximate surface area is 150 Å². The minimum Gasteiger partial charge on any atom is -0.497 e. The lowest BCUT2D eigenvalue weighted by Gasteiger charge is -2.06. The molecule has 0 bridgehead atoms. The van der Waals surface area contributed by atoms with E-state index in [0.717, 1.165) is 27.6 Å². The molecule has 3 nitrogen and oxygen atoms in total. The van der Waals surface area contributed by atoms with Crippen molar-refractivity contribution in [1.82, 2.24) is 0 Å². The topological polar surface area (TPSA) is 35.5 Å². The fourth-order valence-electron chi connectivity index (χ4n) is 2.87. The van der Waals surface area contributed by atoms with Crippen molar-refractivity contribution < 1.29 is 18.7 Å². The van der Waals surface area contributed by atoms with Gasteiger partial charge >= 0.3 is 5.97 Å². The lowest BCUT2D eigenvalue weighted by molar-refractivity contribution is -0.130. The zero-order valence-corrected chi connectivity index (χ0v) is 14.0. The normalized spacial score (nSPS) is 15.2. The van der Waals surface area contributed by atoms with Crippen LogP contribution in [0.4, 0.5) is 4.39 Å². The molecule has 0 amide bonds. The van der Waals surface area contributed by atoms with Crippen LogP contribution in [0.3, 0.4) is 0 Å². The predicted octanol–water partition coefficient (Wildman–Crippen LogP) is 4.97. The van der Waals surface area contributed by atoms with Crippen LogP contribution in [-0.4, -0.2) is 13.1 Å². The summed E-state index contributed by atoms with van der Waals surface area (Å²) >= 11 is 0. The molecule has 0 radical (unpaired) electrons. The van der Waals surface area contributed by atoms with Crippen LogP contribution < -0.4 is 4.74 Å². The average molecular weight is 346 g/mol. The number of halogens is 1. The van der Waals surface area contributed by atoms with E-state index in [4.69, 9.17) is 9.47 Å². The Kier molecular flexibility index (Phi) is 4.01. The second-order valence-electron chi connectivity index (χ2n) is 5.98. The molecule has 0 aliphatic carbocycles. The third-order valence-electron chi connectivity index (χ3n) is 4.25. The molecule has 0 atom stereocenters. The molecular weight excluding hydrogens is 331 g/mol. The summed E-state index contributed by atoms with van der Waals surface area (Å²) < 4.78 is 23.6. The highest BCUT2D eigenvalue weighted by molar-refractivity contribution is 6.05. The second kappa shape index (κ2) is 6.48. The predicted molar refractivity (Wildman–Crippen MR) is 98.9 cm³/mol. The molecule has 0 fully saturated rings. The number of carbonyl (C=O) groups is 1. The van der Waals surface area contributed by atoms with Crippen molar-refractivity contribution in [3.63, 3.8) is 0 Å².